The SMILES string of the molecule is COc1cccc(-c2c(O)cnn2C(C)C)c1. The summed E-state index contributed by atoms with van der Waals surface area (Å²) in [6.07, 6.45) is 1.47. The molecule has 4 nitrogen and oxygen atoms in total. The number of aromatic hydroxyl groups is 1. The Morgan fingerprint density at radius 1 is 1.35 bits per heavy atom. The first-order chi connectivity index (χ1) is 8.13. The highest BCUT2D eigenvalue weighted by Gasteiger charge is 2.14. The second-order valence-electron chi connectivity index (χ2n) is 4.15. The fourth-order valence-electron chi connectivity index (χ4n) is 1.80. The van der Waals surface area contributed by atoms with Crippen LogP contribution in [-0.2, 0) is 0 Å². The van der Waals surface area contributed by atoms with E-state index >= 15 is 0 Å². The molecule has 1 aromatic carbocycles. The molecule has 0 bridgehead atoms. The van der Waals surface area contributed by atoms with Gasteiger partial charge in [-0.1, -0.05) is 12.1 Å². The first kappa shape index (κ1) is 11.5. The van der Waals surface area contributed by atoms with Crippen LogP contribution in [-0.4, -0.2) is 22.0 Å². The lowest BCUT2D eigenvalue weighted by Crippen LogP contribution is -2.04. The van der Waals surface area contributed by atoms with E-state index in [1.54, 1.807) is 11.8 Å². The second kappa shape index (κ2) is 4.49. The molecule has 0 saturated heterocycles. The van der Waals surface area contributed by atoms with Crippen molar-refractivity contribution in [1.29, 1.82) is 0 Å². The van der Waals surface area contributed by atoms with E-state index in [-0.39, 0.29) is 11.8 Å². The van der Waals surface area contributed by atoms with Crippen LogP contribution in [0.25, 0.3) is 11.3 Å². The zero-order valence-electron chi connectivity index (χ0n) is 10.2. The molecule has 2 rings (SSSR count). The van der Waals surface area contributed by atoms with Gasteiger partial charge in [-0.3, -0.25) is 4.68 Å². The van der Waals surface area contributed by atoms with Crippen LogP contribution in [0.1, 0.15) is 19.9 Å². The van der Waals surface area contributed by atoms with Crippen LogP contribution >= 0.6 is 0 Å². The van der Waals surface area contributed by atoms with Gasteiger partial charge in [0.25, 0.3) is 0 Å². The molecule has 0 fully saturated rings. The van der Waals surface area contributed by atoms with Crippen LogP contribution < -0.4 is 4.74 Å². The van der Waals surface area contributed by atoms with E-state index in [0.29, 0.717) is 0 Å². The Kier molecular flexibility index (Phi) is 3.04. The molecule has 0 atom stereocenters. The molecule has 0 saturated carbocycles. The first-order valence-electron chi connectivity index (χ1n) is 5.54. The zero-order valence-corrected chi connectivity index (χ0v) is 10.2. The van der Waals surface area contributed by atoms with Gasteiger partial charge in [-0.25, -0.2) is 0 Å². The lowest BCUT2D eigenvalue weighted by atomic mass is 10.1. The molecule has 4 heteroatoms. The van der Waals surface area contributed by atoms with Gasteiger partial charge < -0.3 is 9.84 Å². The van der Waals surface area contributed by atoms with Crippen LogP contribution in [0.2, 0.25) is 0 Å². The minimum Gasteiger partial charge on any atom is -0.504 e. The molecule has 1 aromatic heterocycles. The van der Waals surface area contributed by atoms with Gasteiger partial charge in [0.15, 0.2) is 5.75 Å². The molecule has 0 unspecified atom stereocenters. The van der Waals surface area contributed by atoms with Gasteiger partial charge in [0.05, 0.1) is 13.3 Å². The second-order valence-corrected chi connectivity index (χ2v) is 4.15. The molecule has 0 aliphatic heterocycles. The molecule has 0 amide bonds. The van der Waals surface area contributed by atoms with Gasteiger partial charge in [-0.15, -0.1) is 0 Å². The van der Waals surface area contributed by atoms with E-state index in [2.05, 4.69) is 5.10 Å². The Morgan fingerprint density at radius 2 is 2.12 bits per heavy atom. The summed E-state index contributed by atoms with van der Waals surface area (Å²) in [4.78, 5) is 0. The summed E-state index contributed by atoms with van der Waals surface area (Å²) in [5, 5.41) is 14.0. The Morgan fingerprint density at radius 3 is 2.76 bits per heavy atom. The lowest BCUT2D eigenvalue weighted by molar-refractivity contribution is 0.415. The number of aromatic nitrogens is 2. The monoisotopic (exact) mass is 232 g/mol. The number of nitrogens with zero attached hydrogens (tertiary/aromatic N) is 2. The van der Waals surface area contributed by atoms with Crippen molar-refractivity contribution in [2.45, 2.75) is 19.9 Å². The van der Waals surface area contributed by atoms with Crippen molar-refractivity contribution in [2.75, 3.05) is 7.11 Å². The number of ether oxygens (including phenoxy) is 1. The van der Waals surface area contributed by atoms with E-state index in [9.17, 15) is 5.11 Å². The standard InChI is InChI=1S/C13H16N2O2/c1-9(2)15-13(12(16)8-14-15)10-5-4-6-11(7-10)17-3/h4-9,16H,1-3H3. The van der Waals surface area contributed by atoms with Crippen molar-refractivity contribution in [1.82, 2.24) is 9.78 Å². The van der Waals surface area contributed by atoms with Crippen LogP contribution in [0.15, 0.2) is 30.5 Å². The maximum Gasteiger partial charge on any atom is 0.161 e. The van der Waals surface area contributed by atoms with E-state index in [0.717, 1.165) is 17.0 Å². The molecule has 90 valence electrons. The largest absolute Gasteiger partial charge is 0.504 e. The molecule has 0 aliphatic rings. The van der Waals surface area contributed by atoms with Crippen molar-refractivity contribution in [3.8, 4) is 22.8 Å². The molecular formula is C13H16N2O2. The minimum absolute atomic E-state index is 0.187. The average molecular weight is 232 g/mol. The Hall–Kier alpha value is -1.97. The fraction of sp³-hybridized carbons (Fsp3) is 0.308. The Labute approximate surface area is 100 Å². The number of hydrogen-bond donors (Lipinski definition) is 1. The normalized spacial score (nSPS) is 10.8. The fourth-order valence-corrected chi connectivity index (χ4v) is 1.80. The number of hydrogen-bond acceptors (Lipinski definition) is 3. The van der Waals surface area contributed by atoms with Gasteiger partial charge >= 0.3 is 0 Å². The number of benzene rings is 1. The van der Waals surface area contributed by atoms with Crippen molar-refractivity contribution in [3.05, 3.63) is 30.5 Å². The molecule has 1 heterocycles. The van der Waals surface area contributed by atoms with Crippen LogP contribution in [0.5, 0.6) is 11.5 Å². The van der Waals surface area contributed by atoms with E-state index in [1.165, 1.54) is 6.20 Å². The summed E-state index contributed by atoms with van der Waals surface area (Å²) in [6, 6.07) is 7.77. The third-order valence-corrected chi connectivity index (χ3v) is 2.61. The summed E-state index contributed by atoms with van der Waals surface area (Å²) in [5.41, 5.74) is 1.62. The van der Waals surface area contributed by atoms with Gasteiger partial charge in [0.2, 0.25) is 0 Å². The third kappa shape index (κ3) is 2.11. The highest BCUT2D eigenvalue weighted by atomic mass is 16.5. The topological polar surface area (TPSA) is 47.3 Å². The van der Waals surface area contributed by atoms with Gasteiger partial charge in [0.1, 0.15) is 11.4 Å². The Balaban J connectivity index is 2.55. The van der Waals surface area contributed by atoms with Crippen molar-refractivity contribution in [2.24, 2.45) is 0 Å². The zero-order chi connectivity index (χ0) is 12.4. The summed E-state index contributed by atoms with van der Waals surface area (Å²) >= 11 is 0. The highest BCUT2D eigenvalue weighted by Crippen LogP contribution is 2.32. The maximum atomic E-state index is 9.87. The molecular weight excluding hydrogens is 216 g/mol. The quantitative estimate of drug-likeness (QED) is 0.885. The smallest absolute Gasteiger partial charge is 0.161 e. The first-order valence-corrected chi connectivity index (χ1v) is 5.54. The number of methoxy groups -OCH3 is 1. The third-order valence-electron chi connectivity index (χ3n) is 2.61. The maximum absolute atomic E-state index is 9.87. The van der Waals surface area contributed by atoms with Gasteiger partial charge in [-0.2, -0.15) is 5.10 Å². The van der Waals surface area contributed by atoms with Crippen molar-refractivity contribution in [3.63, 3.8) is 0 Å². The molecule has 0 radical (unpaired) electrons. The lowest BCUT2D eigenvalue weighted by Gasteiger charge is -2.12. The van der Waals surface area contributed by atoms with E-state index in [4.69, 9.17) is 4.74 Å². The summed E-state index contributed by atoms with van der Waals surface area (Å²) in [7, 11) is 1.62. The van der Waals surface area contributed by atoms with Gasteiger partial charge in [0, 0.05) is 11.6 Å². The van der Waals surface area contributed by atoms with E-state index in [1.807, 2.05) is 38.1 Å². The molecule has 2 aromatic rings. The highest BCUT2D eigenvalue weighted by molar-refractivity contribution is 5.67. The number of rotatable bonds is 3. The Bertz CT molecular complexity index is 518. The van der Waals surface area contributed by atoms with Crippen molar-refractivity contribution >= 4 is 0 Å². The predicted octanol–water partition coefficient (Wildman–Crippen LogP) is 2.85. The van der Waals surface area contributed by atoms with Crippen LogP contribution in [0.3, 0.4) is 0 Å². The molecule has 0 aliphatic carbocycles. The predicted molar refractivity (Wildman–Crippen MR) is 66.3 cm³/mol. The van der Waals surface area contributed by atoms with Crippen LogP contribution in [0, 0.1) is 0 Å². The summed E-state index contributed by atoms with van der Waals surface area (Å²) in [5.74, 6) is 0.949. The van der Waals surface area contributed by atoms with Crippen LogP contribution in [0.4, 0.5) is 0 Å². The summed E-state index contributed by atoms with van der Waals surface area (Å²) < 4.78 is 6.98. The van der Waals surface area contributed by atoms with E-state index < -0.39 is 0 Å². The molecule has 1 N–H and O–H groups in total. The van der Waals surface area contributed by atoms with Crippen molar-refractivity contribution < 1.29 is 9.84 Å². The minimum atomic E-state index is 0.187. The average Bonchev–Trinajstić information content (AvgIpc) is 2.71. The van der Waals surface area contributed by atoms with Gasteiger partial charge in [-0.05, 0) is 26.0 Å². The molecule has 17 heavy (non-hydrogen) atoms. The summed E-state index contributed by atoms with van der Waals surface area (Å²) in [6.45, 7) is 4.05. The molecule has 0 spiro atoms.